The second kappa shape index (κ2) is 8.18. The molecule has 1 aromatic carbocycles. The first kappa shape index (κ1) is 20.5. The number of aromatic amines is 1. The largest absolute Gasteiger partial charge is 0.494 e. The molecule has 0 unspecified atom stereocenters. The molecule has 2 N–H and O–H groups in total. The van der Waals surface area contributed by atoms with Gasteiger partial charge >= 0.3 is 0 Å². The number of hydrogen-bond acceptors (Lipinski definition) is 5. The van der Waals surface area contributed by atoms with Crippen LogP contribution in [0.25, 0.3) is 10.9 Å². The van der Waals surface area contributed by atoms with E-state index in [1.165, 1.54) is 11.3 Å². The lowest BCUT2D eigenvalue weighted by Crippen LogP contribution is -3.13. The minimum Gasteiger partial charge on any atom is -0.494 e. The minimum absolute atomic E-state index is 0.0850. The molecule has 1 aliphatic heterocycles. The summed E-state index contributed by atoms with van der Waals surface area (Å²) in [6, 6.07) is 7.53. The highest BCUT2D eigenvalue weighted by atomic mass is 16.5. The van der Waals surface area contributed by atoms with Gasteiger partial charge in [0.15, 0.2) is 6.04 Å². The van der Waals surface area contributed by atoms with Gasteiger partial charge in [0.05, 0.1) is 30.8 Å². The predicted octanol–water partition coefficient (Wildman–Crippen LogP) is 1.83. The lowest BCUT2D eigenvalue weighted by Gasteiger charge is -2.32. The van der Waals surface area contributed by atoms with Crippen molar-refractivity contribution in [3.63, 3.8) is 0 Å². The van der Waals surface area contributed by atoms with Gasteiger partial charge in [-0.25, -0.2) is 4.68 Å². The van der Waals surface area contributed by atoms with Crippen molar-refractivity contribution in [2.24, 2.45) is 0 Å². The van der Waals surface area contributed by atoms with E-state index in [0.717, 1.165) is 48.4 Å². The first-order valence-electron chi connectivity index (χ1n) is 10.8. The van der Waals surface area contributed by atoms with Crippen LogP contribution in [0.1, 0.15) is 64.4 Å². The van der Waals surface area contributed by atoms with Crippen LogP contribution >= 0.6 is 0 Å². The number of piperidine rings is 1. The Labute approximate surface area is 176 Å². The fourth-order valence-electron chi connectivity index (χ4n) is 4.36. The molecule has 3 heterocycles. The van der Waals surface area contributed by atoms with E-state index in [-0.39, 0.29) is 17.1 Å². The Kier molecular flexibility index (Phi) is 5.60. The lowest BCUT2D eigenvalue weighted by molar-refractivity contribution is -0.931. The molecule has 1 aliphatic rings. The summed E-state index contributed by atoms with van der Waals surface area (Å²) in [6.45, 7) is 10.8. The average molecular weight is 412 g/mol. The van der Waals surface area contributed by atoms with Gasteiger partial charge in [-0.05, 0) is 81.6 Å². The van der Waals surface area contributed by atoms with Crippen molar-refractivity contribution in [3.05, 3.63) is 46.0 Å². The predicted molar refractivity (Wildman–Crippen MR) is 115 cm³/mol. The van der Waals surface area contributed by atoms with Crippen molar-refractivity contribution in [1.82, 2.24) is 25.2 Å². The maximum Gasteiger partial charge on any atom is 0.258 e. The van der Waals surface area contributed by atoms with E-state index in [4.69, 9.17) is 4.74 Å². The summed E-state index contributed by atoms with van der Waals surface area (Å²) >= 11 is 0. The smallest absolute Gasteiger partial charge is 0.258 e. The van der Waals surface area contributed by atoms with Gasteiger partial charge in [0.2, 0.25) is 5.82 Å². The fraction of sp³-hybridized carbons (Fsp3) is 0.545. The van der Waals surface area contributed by atoms with Gasteiger partial charge < -0.3 is 14.6 Å². The van der Waals surface area contributed by atoms with Crippen LogP contribution in [-0.2, 0) is 5.54 Å². The van der Waals surface area contributed by atoms with Crippen LogP contribution in [0.3, 0.4) is 0 Å². The first-order chi connectivity index (χ1) is 14.4. The summed E-state index contributed by atoms with van der Waals surface area (Å²) in [6.07, 6.45) is 3.51. The van der Waals surface area contributed by atoms with Crippen molar-refractivity contribution in [1.29, 1.82) is 0 Å². The maximum absolute atomic E-state index is 13.2. The number of aromatic nitrogens is 5. The molecule has 0 saturated carbocycles. The Hall–Kier alpha value is -2.74. The van der Waals surface area contributed by atoms with E-state index in [2.05, 4.69) is 41.3 Å². The molecule has 3 aromatic rings. The number of rotatable bonds is 5. The summed E-state index contributed by atoms with van der Waals surface area (Å²) in [5.41, 5.74) is 1.14. The van der Waals surface area contributed by atoms with Gasteiger partial charge in [0.1, 0.15) is 5.75 Å². The standard InChI is InChI=1S/C22H30N6O2/c1-5-30-16-9-10-18-15(13-16)14-17(21(29)23-18)19(27-11-7-6-8-12-27)20-24-25-26-28(20)22(2,3)4/h9-10,13-14,19H,5-8,11-12H2,1-4H3,(H,23,29)/p+1/t19-/m0/s1. The van der Waals surface area contributed by atoms with E-state index in [0.29, 0.717) is 12.2 Å². The molecule has 30 heavy (non-hydrogen) atoms. The molecule has 0 amide bonds. The summed E-state index contributed by atoms with van der Waals surface area (Å²) < 4.78 is 7.52. The summed E-state index contributed by atoms with van der Waals surface area (Å²) in [5.74, 6) is 1.54. The lowest BCUT2D eigenvalue weighted by atomic mass is 9.99. The molecule has 2 aromatic heterocycles. The zero-order chi connectivity index (χ0) is 21.3. The molecule has 1 saturated heterocycles. The van der Waals surface area contributed by atoms with Gasteiger partial charge in [0.25, 0.3) is 5.56 Å². The molecule has 160 valence electrons. The van der Waals surface area contributed by atoms with Crippen molar-refractivity contribution < 1.29 is 9.64 Å². The number of hydrogen-bond donors (Lipinski definition) is 2. The van der Waals surface area contributed by atoms with Crippen LogP contribution in [0.15, 0.2) is 29.1 Å². The van der Waals surface area contributed by atoms with Crippen LogP contribution in [0, 0.1) is 0 Å². The van der Waals surface area contributed by atoms with Crippen molar-refractivity contribution in [3.8, 4) is 5.75 Å². The number of likely N-dealkylation sites (tertiary alicyclic amines) is 1. The van der Waals surface area contributed by atoms with Crippen LogP contribution in [-0.4, -0.2) is 44.9 Å². The monoisotopic (exact) mass is 411 g/mol. The van der Waals surface area contributed by atoms with Gasteiger partial charge in [-0.2, -0.15) is 0 Å². The molecular formula is C22H31N6O2+. The highest BCUT2D eigenvalue weighted by Crippen LogP contribution is 2.25. The molecule has 4 rings (SSSR count). The highest BCUT2D eigenvalue weighted by Gasteiger charge is 2.37. The number of benzene rings is 1. The Morgan fingerprint density at radius 3 is 2.67 bits per heavy atom. The number of pyridine rings is 1. The molecule has 8 heteroatoms. The molecule has 1 atom stereocenters. The van der Waals surface area contributed by atoms with Gasteiger partial charge in [0, 0.05) is 10.9 Å². The number of tetrazole rings is 1. The number of nitrogens with zero attached hydrogens (tertiary/aromatic N) is 4. The number of quaternary nitrogens is 1. The molecule has 0 bridgehead atoms. The van der Waals surface area contributed by atoms with E-state index in [1.807, 2.05) is 35.9 Å². The number of nitrogens with one attached hydrogen (secondary N) is 2. The SMILES string of the molecule is CCOc1ccc2[nH]c(=O)c([C@@H](c3nnnn3C(C)(C)C)[NH+]3CCCCC3)cc2c1. The zero-order valence-corrected chi connectivity index (χ0v) is 18.2. The van der Waals surface area contributed by atoms with Crippen LogP contribution in [0.5, 0.6) is 5.75 Å². The third kappa shape index (κ3) is 3.96. The van der Waals surface area contributed by atoms with E-state index < -0.39 is 0 Å². The molecule has 0 spiro atoms. The first-order valence-corrected chi connectivity index (χ1v) is 10.8. The minimum atomic E-state index is -0.280. The zero-order valence-electron chi connectivity index (χ0n) is 18.2. The molecular weight excluding hydrogens is 380 g/mol. The van der Waals surface area contributed by atoms with E-state index in [1.54, 1.807) is 0 Å². The van der Waals surface area contributed by atoms with Gasteiger partial charge in [-0.3, -0.25) is 4.79 Å². The van der Waals surface area contributed by atoms with Crippen LogP contribution < -0.4 is 15.2 Å². The summed E-state index contributed by atoms with van der Waals surface area (Å²) in [7, 11) is 0. The Bertz CT molecular complexity index is 1080. The van der Waals surface area contributed by atoms with Crippen molar-refractivity contribution >= 4 is 10.9 Å². The fourth-order valence-corrected chi connectivity index (χ4v) is 4.36. The maximum atomic E-state index is 13.2. The van der Waals surface area contributed by atoms with Crippen LogP contribution in [0.4, 0.5) is 0 Å². The topological polar surface area (TPSA) is 90.1 Å². The summed E-state index contributed by atoms with van der Waals surface area (Å²) in [4.78, 5) is 17.6. The van der Waals surface area contributed by atoms with Gasteiger partial charge in [-0.1, -0.05) is 0 Å². The Morgan fingerprint density at radius 2 is 1.97 bits per heavy atom. The second-order valence-corrected chi connectivity index (χ2v) is 9.01. The third-order valence-electron chi connectivity index (χ3n) is 5.76. The highest BCUT2D eigenvalue weighted by molar-refractivity contribution is 5.80. The second-order valence-electron chi connectivity index (χ2n) is 9.01. The van der Waals surface area contributed by atoms with E-state index in [9.17, 15) is 4.79 Å². The number of H-pyrrole nitrogens is 1. The van der Waals surface area contributed by atoms with E-state index >= 15 is 0 Å². The molecule has 1 fully saturated rings. The van der Waals surface area contributed by atoms with Crippen molar-refractivity contribution in [2.45, 2.75) is 58.5 Å². The van der Waals surface area contributed by atoms with Crippen LogP contribution in [0.2, 0.25) is 0 Å². The summed E-state index contributed by atoms with van der Waals surface area (Å²) in [5, 5.41) is 13.6. The number of ether oxygens (including phenoxy) is 1. The number of fused-ring (bicyclic) bond motifs is 1. The third-order valence-corrected chi connectivity index (χ3v) is 5.76. The molecule has 0 aliphatic carbocycles. The quantitative estimate of drug-likeness (QED) is 0.669. The Balaban J connectivity index is 1.88. The Morgan fingerprint density at radius 1 is 1.20 bits per heavy atom. The normalized spacial score (nSPS) is 16.7. The van der Waals surface area contributed by atoms with Gasteiger partial charge in [-0.15, -0.1) is 5.10 Å². The molecule has 8 nitrogen and oxygen atoms in total. The average Bonchev–Trinajstić information content (AvgIpc) is 3.20. The van der Waals surface area contributed by atoms with Crippen molar-refractivity contribution in [2.75, 3.05) is 19.7 Å². The molecule has 0 radical (unpaired) electrons.